The molecular weight excluding hydrogens is 420 g/mol. The van der Waals surface area contributed by atoms with Crippen LogP contribution in [0.1, 0.15) is 12.5 Å². The van der Waals surface area contributed by atoms with Crippen molar-refractivity contribution in [3.8, 4) is 17.2 Å². The van der Waals surface area contributed by atoms with Gasteiger partial charge in [0, 0.05) is 11.6 Å². The number of amides is 4. The van der Waals surface area contributed by atoms with Gasteiger partial charge in [-0.3, -0.25) is 14.9 Å². The van der Waals surface area contributed by atoms with E-state index in [9.17, 15) is 19.2 Å². The van der Waals surface area contributed by atoms with Gasteiger partial charge in [0.15, 0.2) is 6.10 Å². The van der Waals surface area contributed by atoms with Crippen LogP contribution < -0.4 is 24.4 Å². The molecule has 0 radical (unpaired) electrons. The van der Waals surface area contributed by atoms with Crippen LogP contribution in [0.15, 0.2) is 48.0 Å². The van der Waals surface area contributed by atoms with Gasteiger partial charge < -0.3 is 19.3 Å². The Morgan fingerprint density at radius 3 is 2.44 bits per heavy atom. The van der Waals surface area contributed by atoms with E-state index in [4.69, 9.17) is 19.3 Å². The fourth-order valence-electron chi connectivity index (χ4n) is 2.95. The van der Waals surface area contributed by atoms with Gasteiger partial charge in [0.25, 0.3) is 11.8 Å². The Labute approximate surface area is 183 Å². The van der Waals surface area contributed by atoms with E-state index >= 15 is 0 Å². The minimum Gasteiger partial charge on any atom is -0.497 e. The van der Waals surface area contributed by atoms with Crippen LogP contribution in [0.25, 0.3) is 6.08 Å². The molecule has 0 unspecified atom stereocenters. The quantitative estimate of drug-likeness (QED) is 0.495. The Kier molecular flexibility index (Phi) is 6.43. The van der Waals surface area contributed by atoms with E-state index in [0.29, 0.717) is 5.75 Å². The van der Waals surface area contributed by atoms with Crippen molar-refractivity contribution < 1.29 is 38.5 Å². The largest absolute Gasteiger partial charge is 0.497 e. The molecule has 1 atom stereocenters. The smallest absolute Gasteiger partial charge is 0.344 e. The molecule has 1 saturated heterocycles. The average molecular weight is 440 g/mol. The van der Waals surface area contributed by atoms with Crippen molar-refractivity contribution in [1.29, 1.82) is 0 Å². The first kappa shape index (κ1) is 22.3. The lowest BCUT2D eigenvalue weighted by molar-refractivity contribution is -0.144. The number of urea groups is 1. The zero-order valence-electron chi connectivity index (χ0n) is 17.4. The number of hydrogen-bond donors (Lipinski definition) is 2. The number of imide groups is 2. The molecule has 10 heteroatoms. The number of carbonyl (C=O) groups excluding carboxylic acids is 3. The van der Waals surface area contributed by atoms with Crippen molar-refractivity contribution >= 4 is 35.6 Å². The maximum absolute atomic E-state index is 13.2. The number of carbonyl (C=O) groups is 4. The predicted octanol–water partition coefficient (Wildman–Crippen LogP) is 2.22. The highest BCUT2D eigenvalue weighted by Crippen LogP contribution is 2.34. The van der Waals surface area contributed by atoms with Crippen molar-refractivity contribution in [2.75, 3.05) is 19.1 Å². The van der Waals surface area contributed by atoms with Crippen molar-refractivity contribution in [2.24, 2.45) is 0 Å². The molecule has 1 aliphatic rings. The van der Waals surface area contributed by atoms with Gasteiger partial charge in [-0.25, -0.2) is 14.5 Å². The topological polar surface area (TPSA) is 131 Å². The van der Waals surface area contributed by atoms with E-state index in [1.54, 1.807) is 18.2 Å². The lowest BCUT2D eigenvalue weighted by Crippen LogP contribution is -2.54. The summed E-state index contributed by atoms with van der Waals surface area (Å²) in [6, 6.07) is 9.84. The van der Waals surface area contributed by atoms with Gasteiger partial charge in [-0.05, 0) is 31.2 Å². The van der Waals surface area contributed by atoms with Crippen LogP contribution in [0.4, 0.5) is 10.5 Å². The lowest BCUT2D eigenvalue weighted by atomic mass is 10.1. The second-order valence-corrected chi connectivity index (χ2v) is 6.63. The molecule has 3 rings (SSSR count). The van der Waals surface area contributed by atoms with Gasteiger partial charge in [0.2, 0.25) is 0 Å². The van der Waals surface area contributed by atoms with E-state index < -0.39 is 29.9 Å². The zero-order chi connectivity index (χ0) is 23.4. The van der Waals surface area contributed by atoms with E-state index in [2.05, 4.69) is 5.32 Å². The molecule has 1 aliphatic heterocycles. The average Bonchev–Trinajstić information content (AvgIpc) is 2.77. The third-order valence-electron chi connectivity index (χ3n) is 4.60. The molecule has 2 aromatic rings. The minimum absolute atomic E-state index is 0.109. The summed E-state index contributed by atoms with van der Waals surface area (Å²) in [6.45, 7) is 1.35. The number of nitrogens with zero attached hydrogens (tertiary/aromatic N) is 1. The number of nitrogens with one attached hydrogen (secondary N) is 1. The summed E-state index contributed by atoms with van der Waals surface area (Å²) in [4.78, 5) is 50.0. The monoisotopic (exact) mass is 440 g/mol. The van der Waals surface area contributed by atoms with Crippen LogP contribution in [0.3, 0.4) is 0 Å². The highest BCUT2D eigenvalue weighted by molar-refractivity contribution is 6.39. The zero-order valence-corrected chi connectivity index (χ0v) is 17.4. The molecule has 10 nitrogen and oxygen atoms in total. The van der Waals surface area contributed by atoms with Gasteiger partial charge in [-0.15, -0.1) is 0 Å². The normalized spacial score (nSPS) is 15.9. The van der Waals surface area contributed by atoms with Crippen molar-refractivity contribution in [3.05, 3.63) is 53.6 Å². The third kappa shape index (κ3) is 4.38. The van der Waals surface area contributed by atoms with Gasteiger partial charge in [0.05, 0.1) is 19.9 Å². The molecule has 0 aliphatic carbocycles. The van der Waals surface area contributed by atoms with Crippen LogP contribution in [-0.4, -0.2) is 49.2 Å². The molecule has 1 heterocycles. The maximum atomic E-state index is 13.2. The first-order chi connectivity index (χ1) is 15.3. The molecule has 4 amide bonds. The number of benzene rings is 2. The van der Waals surface area contributed by atoms with Crippen LogP contribution in [-0.2, 0) is 14.4 Å². The van der Waals surface area contributed by atoms with Crippen molar-refractivity contribution in [2.45, 2.75) is 13.0 Å². The lowest BCUT2D eigenvalue weighted by Gasteiger charge is -2.27. The van der Waals surface area contributed by atoms with Gasteiger partial charge in [-0.2, -0.15) is 0 Å². The summed E-state index contributed by atoms with van der Waals surface area (Å²) in [5, 5.41) is 11.2. The second-order valence-electron chi connectivity index (χ2n) is 6.63. The molecule has 2 aromatic carbocycles. The van der Waals surface area contributed by atoms with Crippen molar-refractivity contribution in [3.63, 3.8) is 0 Å². The minimum atomic E-state index is -1.18. The SMILES string of the molecule is COc1ccc(N2C(=O)NC(=O)/C(=C\c3ccccc3O[C@@H](C)C(=O)O)C2=O)c(OC)c1. The van der Waals surface area contributed by atoms with Gasteiger partial charge in [0.1, 0.15) is 22.8 Å². The molecule has 1 fully saturated rings. The number of hydrogen-bond acceptors (Lipinski definition) is 7. The summed E-state index contributed by atoms with van der Waals surface area (Å²) in [5.74, 6) is -2.18. The summed E-state index contributed by atoms with van der Waals surface area (Å²) in [5.41, 5.74) is 0.0508. The molecule has 0 saturated carbocycles. The van der Waals surface area contributed by atoms with Crippen LogP contribution in [0.5, 0.6) is 17.2 Å². The van der Waals surface area contributed by atoms with E-state index in [0.717, 1.165) is 4.90 Å². The Bertz CT molecular complexity index is 1120. The number of carboxylic acid groups (broad SMARTS) is 1. The first-order valence-corrected chi connectivity index (χ1v) is 9.38. The van der Waals surface area contributed by atoms with E-state index in [1.165, 1.54) is 51.5 Å². The highest BCUT2D eigenvalue weighted by Gasteiger charge is 2.38. The number of rotatable bonds is 7. The number of para-hydroxylation sites is 1. The number of carboxylic acids is 1. The molecule has 0 spiro atoms. The number of barbiturate groups is 1. The molecular formula is C22H20N2O8. The summed E-state index contributed by atoms with van der Waals surface area (Å²) in [6.07, 6.45) is 0.0730. The number of ether oxygens (including phenoxy) is 3. The summed E-state index contributed by atoms with van der Waals surface area (Å²) < 4.78 is 15.8. The Hall–Kier alpha value is -4.34. The molecule has 0 aromatic heterocycles. The summed E-state index contributed by atoms with van der Waals surface area (Å²) >= 11 is 0. The van der Waals surface area contributed by atoms with Gasteiger partial charge >= 0.3 is 12.0 Å². The maximum Gasteiger partial charge on any atom is 0.344 e. The fourth-order valence-corrected chi connectivity index (χ4v) is 2.95. The van der Waals surface area contributed by atoms with Crippen molar-refractivity contribution in [1.82, 2.24) is 5.32 Å². The van der Waals surface area contributed by atoms with Crippen LogP contribution in [0, 0.1) is 0 Å². The highest BCUT2D eigenvalue weighted by atomic mass is 16.5. The van der Waals surface area contributed by atoms with Crippen LogP contribution >= 0.6 is 0 Å². The molecule has 2 N–H and O–H groups in total. The van der Waals surface area contributed by atoms with E-state index in [1.807, 2.05) is 0 Å². The third-order valence-corrected chi connectivity index (χ3v) is 4.60. The number of anilines is 1. The molecule has 166 valence electrons. The standard InChI is InChI=1S/C22H20N2O8/c1-12(21(27)28)32-17-7-5-4-6-13(17)10-15-19(25)23-22(29)24(20(15)26)16-9-8-14(30-2)11-18(16)31-3/h4-12H,1-3H3,(H,27,28)(H,23,25,29)/b15-10+/t12-/m0/s1. The Balaban J connectivity index is 2.04. The fraction of sp³-hybridized carbons (Fsp3) is 0.182. The Morgan fingerprint density at radius 2 is 1.78 bits per heavy atom. The van der Waals surface area contributed by atoms with Crippen LogP contribution in [0.2, 0.25) is 0 Å². The number of aliphatic carboxylic acids is 1. The van der Waals surface area contributed by atoms with Gasteiger partial charge in [-0.1, -0.05) is 18.2 Å². The Morgan fingerprint density at radius 1 is 1.06 bits per heavy atom. The first-order valence-electron chi connectivity index (χ1n) is 9.38. The second kappa shape index (κ2) is 9.21. The predicted molar refractivity (Wildman–Crippen MR) is 113 cm³/mol. The summed E-state index contributed by atoms with van der Waals surface area (Å²) in [7, 11) is 2.82. The number of methoxy groups -OCH3 is 2. The van der Waals surface area contributed by atoms with E-state index in [-0.39, 0.29) is 28.3 Å². The molecule has 0 bridgehead atoms. The molecule has 32 heavy (non-hydrogen) atoms.